The zero-order valence-electron chi connectivity index (χ0n) is 10.3. The summed E-state index contributed by atoms with van der Waals surface area (Å²) >= 11 is 0. The van der Waals surface area contributed by atoms with Gasteiger partial charge in [0.25, 0.3) is 0 Å². The van der Waals surface area contributed by atoms with E-state index in [9.17, 15) is 4.79 Å². The minimum Gasteiger partial charge on any atom is -0.481 e. The van der Waals surface area contributed by atoms with Crippen LogP contribution < -0.4 is 0 Å². The van der Waals surface area contributed by atoms with Crippen molar-refractivity contribution in [2.24, 2.45) is 5.92 Å². The molecular weight excluding hydrogens is 228 g/mol. The monoisotopic (exact) mass is 244 g/mol. The van der Waals surface area contributed by atoms with Crippen molar-refractivity contribution in [3.8, 4) is 6.07 Å². The van der Waals surface area contributed by atoms with Crippen LogP contribution in [0.15, 0.2) is 24.3 Å². The summed E-state index contributed by atoms with van der Waals surface area (Å²) in [6.45, 7) is 3.45. The van der Waals surface area contributed by atoms with Crippen molar-refractivity contribution in [1.29, 1.82) is 5.26 Å². The predicted octanol–water partition coefficient (Wildman–Crippen LogP) is 2.03. The number of carbonyl (C=O) groups is 1. The third-order valence-electron chi connectivity index (χ3n) is 3.61. The first-order valence-corrected chi connectivity index (χ1v) is 6.08. The SMILES string of the molecule is CC(c1cccc(C#N)c1)N1CCC(C(=O)O)C1. The molecule has 2 rings (SSSR count). The fourth-order valence-electron chi connectivity index (χ4n) is 2.42. The number of carboxylic acids is 1. The molecule has 2 unspecified atom stereocenters. The molecule has 1 heterocycles. The van der Waals surface area contributed by atoms with Crippen LogP contribution in [0.2, 0.25) is 0 Å². The Hall–Kier alpha value is -1.86. The predicted molar refractivity (Wildman–Crippen MR) is 66.9 cm³/mol. The summed E-state index contributed by atoms with van der Waals surface area (Å²) in [6, 6.07) is 9.79. The Kier molecular flexibility index (Phi) is 3.63. The summed E-state index contributed by atoms with van der Waals surface area (Å²) in [5, 5.41) is 17.9. The van der Waals surface area contributed by atoms with Gasteiger partial charge in [0.2, 0.25) is 0 Å². The first kappa shape index (κ1) is 12.6. The molecular formula is C14H16N2O2. The van der Waals surface area contributed by atoms with Crippen LogP contribution in [-0.2, 0) is 4.79 Å². The van der Waals surface area contributed by atoms with Crippen LogP contribution in [0.1, 0.15) is 30.5 Å². The van der Waals surface area contributed by atoms with Gasteiger partial charge in [0.1, 0.15) is 0 Å². The molecule has 2 atom stereocenters. The minimum absolute atomic E-state index is 0.155. The molecule has 4 heteroatoms. The number of hydrogen-bond donors (Lipinski definition) is 1. The van der Waals surface area contributed by atoms with E-state index < -0.39 is 5.97 Å². The Bertz CT molecular complexity index is 493. The maximum absolute atomic E-state index is 10.9. The van der Waals surface area contributed by atoms with Gasteiger partial charge in [-0.25, -0.2) is 0 Å². The van der Waals surface area contributed by atoms with Gasteiger partial charge in [-0.05, 0) is 37.6 Å². The number of carboxylic acid groups (broad SMARTS) is 1. The van der Waals surface area contributed by atoms with Crippen LogP contribution in [0.5, 0.6) is 0 Å². The van der Waals surface area contributed by atoms with Crippen LogP contribution in [-0.4, -0.2) is 29.1 Å². The average molecular weight is 244 g/mol. The van der Waals surface area contributed by atoms with E-state index in [2.05, 4.69) is 17.9 Å². The van der Waals surface area contributed by atoms with Crippen molar-refractivity contribution in [1.82, 2.24) is 4.90 Å². The molecule has 1 N–H and O–H groups in total. The molecule has 0 aromatic heterocycles. The van der Waals surface area contributed by atoms with Crippen molar-refractivity contribution in [2.75, 3.05) is 13.1 Å². The molecule has 0 aliphatic carbocycles. The Labute approximate surface area is 106 Å². The molecule has 1 saturated heterocycles. The number of likely N-dealkylation sites (tertiary alicyclic amines) is 1. The zero-order chi connectivity index (χ0) is 13.1. The third kappa shape index (κ3) is 2.52. The zero-order valence-corrected chi connectivity index (χ0v) is 10.3. The second-order valence-electron chi connectivity index (χ2n) is 4.73. The van der Waals surface area contributed by atoms with Gasteiger partial charge in [-0.15, -0.1) is 0 Å². The Morgan fingerprint density at radius 3 is 3.00 bits per heavy atom. The van der Waals surface area contributed by atoms with E-state index in [1.54, 1.807) is 6.07 Å². The van der Waals surface area contributed by atoms with Gasteiger partial charge in [-0.2, -0.15) is 5.26 Å². The van der Waals surface area contributed by atoms with Crippen molar-refractivity contribution < 1.29 is 9.90 Å². The van der Waals surface area contributed by atoms with E-state index in [1.807, 2.05) is 18.2 Å². The van der Waals surface area contributed by atoms with Crippen molar-refractivity contribution >= 4 is 5.97 Å². The number of rotatable bonds is 3. The maximum atomic E-state index is 10.9. The van der Waals surface area contributed by atoms with Crippen molar-refractivity contribution in [3.63, 3.8) is 0 Å². The highest BCUT2D eigenvalue weighted by molar-refractivity contribution is 5.70. The van der Waals surface area contributed by atoms with Crippen molar-refractivity contribution in [3.05, 3.63) is 35.4 Å². The molecule has 0 saturated carbocycles. The summed E-state index contributed by atoms with van der Waals surface area (Å²) < 4.78 is 0. The van der Waals surface area contributed by atoms with Gasteiger partial charge in [0.15, 0.2) is 0 Å². The van der Waals surface area contributed by atoms with Gasteiger partial charge < -0.3 is 5.11 Å². The first-order valence-electron chi connectivity index (χ1n) is 6.08. The second-order valence-corrected chi connectivity index (χ2v) is 4.73. The lowest BCUT2D eigenvalue weighted by molar-refractivity contribution is -0.141. The van der Waals surface area contributed by atoms with E-state index in [-0.39, 0.29) is 12.0 Å². The molecule has 18 heavy (non-hydrogen) atoms. The first-order chi connectivity index (χ1) is 8.61. The highest BCUT2D eigenvalue weighted by Gasteiger charge is 2.30. The normalized spacial score (nSPS) is 21.4. The fourth-order valence-corrected chi connectivity index (χ4v) is 2.42. The fraction of sp³-hybridized carbons (Fsp3) is 0.429. The Morgan fingerprint density at radius 1 is 1.61 bits per heavy atom. The van der Waals surface area contributed by atoms with Gasteiger partial charge in [0, 0.05) is 12.6 Å². The number of aliphatic carboxylic acids is 1. The van der Waals surface area contributed by atoms with E-state index in [0.717, 1.165) is 12.1 Å². The van der Waals surface area contributed by atoms with E-state index in [1.165, 1.54) is 0 Å². The molecule has 4 nitrogen and oxygen atoms in total. The number of nitrogens with zero attached hydrogens (tertiary/aromatic N) is 2. The van der Waals surface area contributed by atoms with Crippen LogP contribution in [0.25, 0.3) is 0 Å². The Balaban J connectivity index is 2.10. The highest BCUT2D eigenvalue weighted by Crippen LogP contribution is 2.27. The lowest BCUT2D eigenvalue weighted by Gasteiger charge is -2.24. The van der Waals surface area contributed by atoms with Crippen LogP contribution in [0.3, 0.4) is 0 Å². The molecule has 0 radical (unpaired) electrons. The quantitative estimate of drug-likeness (QED) is 0.883. The third-order valence-corrected chi connectivity index (χ3v) is 3.61. The lowest BCUT2D eigenvalue weighted by Crippen LogP contribution is -2.26. The molecule has 94 valence electrons. The lowest BCUT2D eigenvalue weighted by atomic mass is 10.0. The van der Waals surface area contributed by atoms with E-state index in [4.69, 9.17) is 10.4 Å². The van der Waals surface area contributed by atoms with Crippen LogP contribution in [0, 0.1) is 17.2 Å². The smallest absolute Gasteiger partial charge is 0.307 e. The molecule has 1 aromatic carbocycles. The molecule has 0 spiro atoms. The van der Waals surface area contributed by atoms with Crippen LogP contribution >= 0.6 is 0 Å². The molecule has 0 amide bonds. The number of hydrogen-bond acceptors (Lipinski definition) is 3. The molecule has 1 aliphatic rings. The maximum Gasteiger partial charge on any atom is 0.307 e. The van der Waals surface area contributed by atoms with Crippen LogP contribution in [0.4, 0.5) is 0 Å². The summed E-state index contributed by atoms with van der Waals surface area (Å²) in [6.07, 6.45) is 0.706. The summed E-state index contributed by atoms with van der Waals surface area (Å²) in [7, 11) is 0. The average Bonchev–Trinajstić information content (AvgIpc) is 2.87. The molecule has 0 bridgehead atoms. The van der Waals surface area contributed by atoms with Gasteiger partial charge in [0.05, 0.1) is 17.6 Å². The van der Waals surface area contributed by atoms with Crippen molar-refractivity contribution in [2.45, 2.75) is 19.4 Å². The molecule has 1 aromatic rings. The number of benzene rings is 1. The summed E-state index contributed by atoms with van der Waals surface area (Å²) in [5.74, 6) is -0.970. The topological polar surface area (TPSA) is 64.3 Å². The number of nitriles is 1. The van der Waals surface area contributed by atoms with E-state index >= 15 is 0 Å². The van der Waals surface area contributed by atoms with Gasteiger partial charge in [-0.1, -0.05) is 12.1 Å². The molecule has 1 fully saturated rings. The van der Waals surface area contributed by atoms with Gasteiger partial charge in [-0.3, -0.25) is 9.69 Å². The standard InChI is InChI=1S/C14H16N2O2/c1-10(12-4-2-3-11(7-12)8-15)16-6-5-13(9-16)14(17)18/h2-4,7,10,13H,5-6,9H2,1H3,(H,17,18). The summed E-state index contributed by atoms with van der Waals surface area (Å²) in [4.78, 5) is 13.1. The largest absolute Gasteiger partial charge is 0.481 e. The Morgan fingerprint density at radius 2 is 2.39 bits per heavy atom. The van der Waals surface area contributed by atoms with E-state index in [0.29, 0.717) is 18.5 Å². The minimum atomic E-state index is -0.713. The van der Waals surface area contributed by atoms with Gasteiger partial charge >= 0.3 is 5.97 Å². The summed E-state index contributed by atoms with van der Waals surface area (Å²) in [5.41, 5.74) is 1.72. The second kappa shape index (κ2) is 5.19. The molecule has 1 aliphatic heterocycles. The highest BCUT2D eigenvalue weighted by atomic mass is 16.4.